The van der Waals surface area contributed by atoms with E-state index in [1.54, 1.807) is 9.80 Å². The number of ether oxygens (including phenoxy) is 1. The van der Waals surface area contributed by atoms with Gasteiger partial charge in [-0.05, 0) is 20.8 Å². The van der Waals surface area contributed by atoms with Gasteiger partial charge in [-0.25, -0.2) is 4.79 Å². The van der Waals surface area contributed by atoms with Gasteiger partial charge < -0.3 is 14.5 Å². The minimum atomic E-state index is -0.522. The van der Waals surface area contributed by atoms with E-state index in [4.69, 9.17) is 15.3 Å². The molecular formula is C17H27N5O3. The van der Waals surface area contributed by atoms with E-state index in [9.17, 15) is 9.59 Å². The molecule has 0 N–H and O–H groups in total. The van der Waals surface area contributed by atoms with Gasteiger partial charge in [0.1, 0.15) is 5.60 Å². The van der Waals surface area contributed by atoms with Crippen LogP contribution in [0.1, 0.15) is 33.6 Å². The fourth-order valence-corrected chi connectivity index (χ4v) is 2.44. The number of hydrogen-bond acceptors (Lipinski definition) is 6. The molecule has 0 aromatic carbocycles. The van der Waals surface area contributed by atoms with Gasteiger partial charge in [-0.2, -0.15) is 10.5 Å². The highest BCUT2D eigenvalue weighted by molar-refractivity contribution is 5.78. The lowest BCUT2D eigenvalue weighted by Crippen LogP contribution is -2.52. The molecule has 0 aromatic heterocycles. The van der Waals surface area contributed by atoms with Crippen LogP contribution in [0.2, 0.25) is 0 Å². The Labute approximate surface area is 149 Å². The monoisotopic (exact) mass is 349 g/mol. The summed E-state index contributed by atoms with van der Waals surface area (Å²) >= 11 is 0. The maximum atomic E-state index is 12.4. The van der Waals surface area contributed by atoms with Gasteiger partial charge in [0.15, 0.2) is 0 Å². The predicted octanol–water partition coefficient (Wildman–Crippen LogP) is 1.20. The Morgan fingerprint density at radius 1 is 1.04 bits per heavy atom. The summed E-state index contributed by atoms with van der Waals surface area (Å²) < 4.78 is 5.35. The van der Waals surface area contributed by atoms with Gasteiger partial charge in [0, 0.05) is 39.3 Å². The first-order valence-electron chi connectivity index (χ1n) is 8.49. The van der Waals surface area contributed by atoms with Crippen LogP contribution >= 0.6 is 0 Å². The predicted molar refractivity (Wildman–Crippen MR) is 91.3 cm³/mol. The second kappa shape index (κ2) is 9.85. The van der Waals surface area contributed by atoms with Gasteiger partial charge in [0.2, 0.25) is 5.91 Å². The second-order valence-electron chi connectivity index (χ2n) is 6.94. The van der Waals surface area contributed by atoms with Crippen molar-refractivity contribution < 1.29 is 14.3 Å². The molecule has 1 heterocycles. The first-order valence-corrected chi connectivity index (χ1v) is 8.49. The van der Waals surface area contributed by atoms with Gasteiger partial charge in [0.25, 0.3) is 0 Å². The highest BCUT2D eigenvalue weighted by Crippen LogP contribution is 2.12. The van der Waals surface area contributed by atoms with Crippen LogP contribution in [-0.2, 0) is 9.53 Å². The number of nitrogens with zero attached hydrogens (tertiary/aromatic N) is 5. The highest BCUT2D eigenvalue weighted by Gasteiger charge is 2.27. The lowest BCUT2D eigenvalue weighted by molar-refractivity contribution is -0.132. The molecule has 25 heavy (non-hydrogen) atoms. The Morgan fingerprint density at radius 3 is 2.00 bits per heavy atom. The molecule has 0 spiro atoms. The summed E-state index contributed by atoms with van der Waals surface area (Å²) in [6.45, 7) is 8.62. The number of carbonyl (C=O) groups is 2. The van der Waals surface area contributed by atoms with Crippen molar-refractivity contribution in [2.75, 3.05) is 45.8 Å². The van der Waals surface area contributed by atoms with Gasteiger partial charge in [-0.15, -0.1) is 0 Å². The van der Waals surface area contributed by atoms with Crippen molar-refractivity contribution in [3.8, 4) is 12.1 Å². The molecule has 1 rings (SSSR count). The molecular weight excluding hydrogens is 322 g/mol. The van der Waals surface area contributed by atoms with E-state index in [0.29, 0.717) is 39.3 Å². The maximum absolute atomic E-state index is 12.4. The van der Waals surface area contributed by atoms with E-state index in [0.717, 1.165) is 0 Å². The summed E-state index contributed by atoms with van der Waals surface area (Å²) in [5.41, 5.74) is -0.522. The molecule has 0 saturated carbocycles. The van der Waals surface area contributed by atoms with Crippen LogP contribution in [0.25, 0.3) is 0 Å². The van der Waals surface area contributed by atoms with Crippen molar-refractivity contribution >= 4 is 12.0 Å². The second-order valence-corrected chi connectivity index (χ2v) is 6.94. The first kappa shape index (κ1) is 20.7. The van der Waals surface area contributed by atoms with Gasteiger partial charge >= 0.3 is 6.09 Å². The quantitative estimate of drug-likeness (QED) is 0.714. The zero-order valence-electron chi connectivity index (χ0n) is 15.3. The fraction of sp³-hybridized carbons (Fsp3) is 0.765. The van der Waals surface area contributed by atoms with Crippen molar-refractivity contribution in [2.45, 2.75) is 39.2 Å². The molecule has 1 saturated heterocycles. The Morgan fingerprint density at radius 2 is 1.56 bits per heavy atom. The van der Waals surface area contributed by atoms with Gasteiger partial charge in [-0.3, -0.25) is 9.69 Å². The molecule has 138 valence electrons. The van der Waals surface area contributed by atoms with E-state index in [2.05, 4.69) is 0 Å². The molecule has 0 unspecified atom stereocenters. The van der Waals surface area contributed by atoms with E-state index in [1.807, 2.05) is 37.8 Å². The topological polar surface area (TPSA) is 101 Å². The van der Waals surface area contributed by atoms with E-state index in [-0.39, 0.29) is 31.4 Å². The average molecular weight is 349 g/mol. The van der Waals surface area contributed by atoms with Gasteiger partial charge in [0.05, 0.1) is 31.5 Å². The molecule has 8 heteroatoms. The van der Waals surface area contributed by atoms with Crippen molar-refractivity contribution in [1.82, 2.24) is 14.7 Å². The molecule has 1 aliphatic rings. The van der Waals surface area contributed by atoms with E-state index in [1.165, 1.54) is 0 Å². The first-order chi connectivity index (χ1) is 11.8. The number of rotatable bonds is 6. The van der Waals surface area contributed by atoms with Crippen molar-refractivity contribution in [3.63, 3.8) is 0 Å². The van der Waals surface area contributed by atoms with Crippen molar-refractivity contribution in [1.29, 1.82) is 10.5 Å². The molecule has 1 fully saturated rings. The Kier molecular flexibility index (Phi) is 8.17. The zero-order valence-corrected chi connectivity index (χ0v) is 15.3. The van der Waals surface area contributed by atoms with Crippen molar-refractivity contribution in [3.05, 3.63) is 0 Å². The third kappa shape index (κ3) is 7.86. The molecule has 0 atom stereocenters. The van der Waals surface area contributed by atoms with Crippen molar-refractivity contribution in [2.24, 2.45) is 0 Å². The Balaban J connectivity index is 2.46. The molecule has 0 radical (unpaired) electrons. The Hall–Kier alpha value is -2.32. The number of piperazine rings is 1. The normalized spacial score (nSPS) is 15.2. The van der Waals surface area contributed by atoms with Crippen LogP contribution in [0.4, 0.5) is 4.79 Å². The summed E-state index contributed by atoms with van der Waals surface area (Å²) in [6.07, 6.45) is 0.177. The third-order valence-corrected chi connectivity index (χ3v) is 3.72. The summed E-state index contributed by atoms with van der Waals surface area (Å²) in [5, 5.41) is 17.4. The van der Waals surface area contributed by atoms with Crippen LogP contribution in [0.15, 0.2) is 0 Å². The summed E-state index contributed by atoms with van der Waals surface area (Å²) in [4.78, 5) is 29.6. The largest absolute Gasteiger partial charge is 0.444 e. The van der Waals surface area contributed by atoms with Crippen LogP contribution in [0, 0.1) is 22.7 Å². The molecule has 8 nitrogen and oxygen atoms in total. The third-order valence-electron chi connectivity index (χ3n) is 3.72. The molecule has 1 aliphatic heterocycles. The minimum Gasteiger partial charge on any atom is -0.444 e. The molecule has 0 aliphatic carbocycles. The van der Waals surface area contributed by atoms with Gasteiger partial charge in [-0.1, -0.05) is 0 Å². The number of nitriles is 2. The lowest BCUT2D eigenvalue weighted by Gasteiger charge is -2.36. The van der Waals surface area contributed by atoms with E-state index < -0.39 is 5.60 Å². The zero-order chi connectivity index (χ0) is 18.9. The molecule has 0 aromatic rings. The minimum absolute atomic E-state index is 0.0868. The van der Waals surface area contributed by atoms with Crippen LogP contribution in [0.3, 0.4) is 0 Å². The summed E-state index contributed by atoms with van der Waals surface area (Å²) in [7, 11) is 0. The average Bonchev–Trinajstić information content (AvgIpc) is 2.54. The standard InChI is InChI=1S/C17H27N5O3/c1-17(2,3)25-16(24)22-12-10-20(11-13-22)14-15(23)21(8-4-6-18)9-5-7-19/h4-5,8-14H2,1-3H3. The summed E-state index contributed by atoms with van der Waals surface area (Å²) in [6, 6.07) is 4.04. The lowest BCUT2D eigenvalue weighted by atomic mass is 10.2. The number of hydrogen-bond donors (Lipinski definition) is 0. The summed E-state index contributed by atoms with van der Waals surface area (Å²) in [5.74, 6) is -0.0868. The number of amides is 2. The fourth-order valence-electron chi connectivity index (χ4n) is 2.44. The highest BCUT2D eigenvalue weighted by atomic mass is 16.6. The molecule has 0 bridgehead atoms. The van der Waals surface area contributed by atoms with Crippen LogP contribution < -0.4 is 0 Å². The molecule has 2 amide bonds. The van der Waals surface area contributed by atoms with Crippen LogP contribution in [-0.4, -0.2) is 78.1 Å². The SMILES string of the molecule is CC(C)(C)OC(=O)N1CCN(CC(=O)N(CCC#N)CCC#N)CC1. The number of carbonyl (C=O) groups excluding carboxylic acids is 2. The van der Waals surface area contributed by atoms with Crippen LogP contribution in [0.5, 0.6) is 0 Å². The maximum Gasteiger partial charge on any atom is 0.410 e. The van der Waals surface area contributed by atoms with E-state index >= 15 is 0 Å². The Bertz CT molecular complexity index is 518. The smallest absolute Gasteiger partial charge is 0.410 e.